The van der Waals surface area contributed by atoms with Crippen molar-refractivity contribution in [3.8, 4) is 5.75 Å². The molecule has 1 aliphatic carbocycles. The van der Waals surface area contributed by atoms with Crippen LogP contribution in [0.3, 0.4) is 0 Å². The summed E-state index contributed by atoms with van der Waals surface area (Å²) in [6, 6.07) is 5.42. The lowest BCUT2D eigenvalue weighted by Crippen LogP contribution is -2.20. The van der Waals surface area contributed by atoms with Gasteiger partial charge in [0.2, 0.25) is 5.91 Å². The molecule has 1 atom stereocenters. The zero-order valence-corrected chi connectivity index (χ0v) is 13.1. The van der Waals surface area contributed by atoms with Gasteiger partial charge in [-0.25, -0.2) is 0 Å². The maximum atomic E-state index is 12.5. The van der Waals surface area contributed by atoms with E-state index < -0.39 is 0 Å². The SMILES string of the molecule is Cc1c(Br)cncc1NC(=O)C1CCc2cccc(O)c21. The van der Waals surface area contributed by atoms with Crippen LogP contribution in [-0.2, 0) is 11.2 Å². The molecule has 1 aliphatic rings. The summed E-state index contributed by atoms with van der Waals surface area (Å²) >= 11 is 3.40. The first kappa shape index (κ1) is 14.1. The van der Waals surface area contributed by atoms with E-state index in [0.29, 0.717) is 5.69 Å². The molecule has 2 aromatic rings. The minimum atomic E-state index is -0.306. The quantitative estimate of drug-likeness (QED) is 0.874. The second kappa shape index (κ2) is 5.48. The number of nitrogens with one attached hydrogen (secondary N) is 1. The van der Waals surface area contributed by atoms with Gasteiger partial charge in [0.25, 0.3) is 0 Å². The maximum absolute atomic E-state index is 12.5. The van der Waals surface area contributed by atoms with Gasteiger partial charge in [0.15, 0.2) is 0 Å². The van der Waals surface area contributed by atoms with Crippen molar-refractivity contribution in [2.75, 3.05) is 5.32 Å². The van der Waals surface area contributed by atoms with Gasteiger partial charge in [-0.2, -0.15) is 0 Å². The number of anilines is 1. The number of rotatable bonds is 2. The topological polar surface area (TPSA) is 62.2 Å². The Morgan fingerprint density at radius 1 is 1.43 bits per heavy atom. The predicted octanol–water partition coefficient (Wildman–Crippen LogP) is 3.53. The molecule has 4 nitrogen and oxygen atoms in total. The lowest BCUT2D eigenvalue weighted by atomic mass is 9.99. The van der Waals surface area contributed by atoms with E-state index in [0.717, 1.165) is 34.0 Å². The number of nitrogens with zero attached hydrogens (tertiary/aromatic N) is 1. The molecule has 2 N–H and O–H groups in total. The fourth-order valence-electron chi connectivity index (χ4n) is 2.77. The zero-order valence-electron chi connectivity index (χ0n) is 11.6. The van der Waals surface area contributed by atoms with Crippen molar-refractivity contribution in [3.05, 3.63) is 51.8 Å². The molecular formula is C16H15BrN2O2. The van der Waals surface area contributed by atoms with Gasteiger partial charge in [0.05, 0.1) is 17.8 Å². The van der Waals surface area contributed by atoms with Crippen molar-refractivity contribution < 1.29 is 9.90 Å². The van der Waals surface area contributed by atoms with Gasteiger partial charge in [0.1, 0.15) is 5.75 Å². The highest BCUT2D eigenvalue weighted by Crippen LogP contribution is 2.39. The molecule has 0 saturated heterocycles. The lowest BCUT2D eigenvalue weighted by Gasteiger charge is -2.15. The van der Waals surface area contributed by atoms with Crippen LogP contribution in [0.4, 0.5) is 5.69 Å². The Morgan fingerprint density at radius 3 is 3.05 bits per heavy atom. The van der Waals surface area contributed by atoms with Gasteiger partial charge < -0.3 is 10.4 Å². The molecule has 0 fully saturated rings. The highest BCUT2D eigenvalue weighted by atomic mass is 79.9. The van der Waals surface area contributed by atoms with E-state index in [1.54, 1.807) is 18.5 Å². The van der Waals surface area contributed by atoms with Gasteiger partial charge in [-0.05, 0) is 52.9 Å². The van der Waals surface area contributed by atoms with Gasteiger partial charge in [-0.3, -0.25) is 9.78 Å². The molecule has 1 heterocycles. The average Bonchev–Trinajstić information content (AvgIpc) is 2.89. The van der Waals surface area contributed by atoms with Gasteiger partial charge in [-0.1, -0.05) is 12.1 Å². The molecule has 0 radical (unpaired) electrons. The van der Waals surface area contributed by atoms with Gasteiger partial charge in [0, 0.05) is 16.2 Å². The van der Waals surface area contributed by atoms with E-state index >= 15 is 0 Å². The highest BCUT2D eigenvalue weighted by Gasteiger charge is 2.31. The van der Waals surface area contributed by atoms with Crippen LogP contribution in [0.1, 0.15) is 29.0 Å². The van der Waals surface area contributed by atoms with Crippen LogP contribution in [0.5, 0.6) is 5.75 Å². The minimum Gasteiger partial charge on any atom is -0.508 e. The Hall–Kier alpha value is -1.88. The largest absolute Gasteiger partial charge is 0.508 e. The number of fused-ring (bicyclic) bond motifs is 1. The zero-order chi connectivity index (χ0) is 15.0. The summed E-state index contributed by atoms with van der Waals surface area (Å²) in [7, 11) is 0. The van der Waals surface area contributed by atoms with Crippen molar-refractivity contribution in [1.29, 1.82) is 0 Å². The van der Waals surface area contributed by atoms with Crippen molar-refractivity contribution in [2.24, 2.45) is 0 Å². The van der Waals surface area contributed by atoms with E-state index in [-0.39, 0.29) is 17.6 Å². The smallest absolute Gasteiger partial charge is 0.232 e. The molecule has 0 saturated carbocycles. The van der Waals surface area contributed by atoms with Gasteiger partial charge >= 0.3 is 0 Å². The molecule has 21 heavy (non-hydrogen) atoms. The number of halogens is 1. The number of aromatic nitrogens is 1. The summed E-state index contributed by atoms with van der Waals surface area (Å²) < 4.78 is 0.856. The average molecular weight is 347 g/mol. The Morgan fingerprint density at radius 2 is 2.24 bits per heavy atom. The minimum absolute atomic E-state index is 0.0988. The van der Waals surface area contributed by atoms with Crippen LogP contribution in [0.25, 0.3) is 0 Å². The molecule has 0 bridgehead atoms. The van der Waals surface area contributed by atoms with Crippen LogP contribution < -0.4 is 5.32 Å². The van der Waals surface area contributed by atoms with Crippen molar-refractivity contribution >= 4 is 27.5 Å². The normalized spacial score (nSPS) is 16.6. The number of hydrogen-bond donors (Lipinski definition) is 2. The number of amides is 1. The Bertz CT molecular complexity index is 715. The number of aryl methyl sites for hydroxylation is 1. The second-order valence-corrected chi connectivity index (χ2v) is 6.08. The van der Waals surface area contributed by atoms with E-state index in [1.165, 1.54) is 0 Å². The third-order valence-corrected chi connectivity index (χ3v) is 4.75. The number of aromatic hydroxyl groups is 1. The molecule has 1 aromatic carbocycles. The van der Waals surface area contributed by atoms with E-state index in [2.05, 4.69) is 26.2 Å². The van der Waals surface area contributed by atoms with Gasteiger partial charge in [-0.15, -0.1) is 0 Å². The second-order valence-electron chi connectivity index (χ2n) is 5.22. The van der Waals surface area contributed by atoms with Crippen LogP contribution in [0, 0.1) is 6.92 Å². The summed E-state index contributed by atoms with van der Waals surface area (Å²) in [4.78, 5) is 16.6. The molecule has 5 heteroatoms. The number of pyridine rings is 1. The van der Waals surface area contributed by atoms with Crippen molar-refractivity contribution in [2.45, 2.75) is 25.7 Å². The molecule has 1 aromatic heterocycles. The Balaban J connectivity index is 1.87. The monoisotopic (exact) mass is 346 g/mol. The number of benzene rings is 1. The fraction of sp³-hybridized carbons (Fsp3) is 0.250. The van der Waals surface area contributed by atoms with Crippen LogP contribution in [0.15, 0.2) is 35.1 Å². The summed E-state index contributed by atoms with van der Waals surface area (Å²) in [6.07, 6.45) is 4.87. The lowest BCUT2D eigenvalue weighted by molar-refractivity contribution is -0.117. The number of hydrogen-bond acceptors (Lipinski definition) is 3. The van der Waals surface area contributed by atoms with Crippen molar-refractivity contribution in [1.82, 2.24) is 4.98 Å². The first-order chi connectivity index (χ1) is 10.1. The van der Waals surface area contributed by atoms with Crippen LogP contribution in [0.2, 0.25) is 0 Å². The summed E-state index contributed by atoms with van der Waals surface area (Å²) in [6.45, 7) is 1.92. The molecule has 0 spiro atoms. The molecule has 1 unspecified atom stereocenters. The molecular weight excluding hydrogens is 332 g/mol. The third kappa shape index (κ3) is 2.53. The summed E-state index contributed by atoms with van der Waals surface area (Å²) in [5, 5.41) is 12.9. The van der Waals surface area contributed by atoms with Crippen LogP contribution >= 0.6 is 15.9 Å². The van der Waals surface area contributed by atoms with E-state index in [1.807, 2.05) is 19.1 Å². The number of carbonyl (C=O) groups excluding carboxylic acids is 1. The molecule has 0 aliphatic heterocycles. The number of phenols is 1. The molecule has 108 valence electrons. The van der Waals surface area contributed by atoms with E-state index in [4.69, 9.17) is 0 Å². The predicted molar refractivity (Wildman–Crippen MR) is 84.5 cm³/mol. The standard InChI is InChI=1S/C16H15BrN2O2/c1-9-12(17)7-18-8-13(9)19-16(21)11-6-5-10-3-2-4-14(20)15(10)11/h2-4,7-8,11,20H,5-6H2,1H3,(H,19,21). The first-order valence-corrected chi connectivity index (χ1v) is 7.59. The van der Waals surface area contributed by atoms with Crippen LogP contribution in [-0.4, -0.2) is 16.0 Å². The summed E-state index contributed by atoms with van der Waals surface area (Å²) in [5.41, 5.74) is 3.45. The third-order valence-electron chi connectivity index (χ3n) is 3.95. The molecule has 3 rings (SSSR count). The highest BCUT2D eigenvalue weighted by molar-refractivity contribution is 9.10. The van der Waals surface area contributed by atoms with E-state index in [9.17, 15) is 9.90 Å². The summed E-state index contributed by atoms with van der Waals surface area (Å²) in [5.74, 6) is -0.202. The Labute approximate surface area is 131 Å². The Kier molecular flexibility index (Phi) is 3.68. The fourth-order valence-corrected chi connectivity index (χ4v) is 3.10. The number of carbonyl (C=O) groups is 1. The first-order valence-electron chi connectivity index (χ1n) is 6.79. The maximum Gasteiger partial charge on any atom is 0.232 e. The number of phenolic OH excluding ortho intramolecular Hbond substituents is 1. The molecule has 1 amide bonds. The van der Waals surface area contributed by atoms with Crippen molar-refractivity contribution in [3.63, 3.8) is 0 Å².